The number of hydrogen-bond donors (Lipinski definition) is 3. The van der Waals surface area contributed by atoms with Gasteiger partial charge in [-0.15, -0.1) is 0 Å². The number of rotatable bonds is 5. The van der Waals surface area contributed by atoms with Crippen LogP contribution in [0.15, 0.2) is 33.8 Å². The van der Waals surface area contributed by atoms with E-state index >= 15 is 0 Å². The molecular formula is C22H28N6O3. The van der Waals surface area contributed by atoms with Gasteiger partial charge in [-0.2, -0.15) is 0 Å². The molecule has 0 spiro atoms. The van der Waals surface area contributed by atoms with Gasteiger partial charge >= 0.3 is 0 Å². The molecule has 0 saturated heterocycles. The van der Waals surface area contributed by atoms with Crippen LogP contribution in [-0.4, -0.2) is 54.2 Å². The van der Waals surface area contributed by atoms with Gasteiger partial charge in [0.25, 0.3) is 5.56 Å². The number of benzene rings is 1. The number of aliphatic imine (C=N–C) groups is 1. The smallest absolute Gasteiger partial charge is 0.258 e. The molecule has 3 heterocycles. The van der Waals surface area contributed by atoms with Crippen LogP contribution in [0.25, 0.3) is 10.9 Å². The lowest BCUT2D eigenvalue weighted by atomic mass is 9.95. The first-order valence-corrected chi connectivity index (χ1v) is 10.8. The van der Waals surface area contributed by atoms with Crippen LogP contribution in [0.2, 0.25) is 0 Å². The number of H-pyrrole nitrogens is 1. The van der Waals surface area contributed by atoms with Gasteiger partial charge in [-0.1, -0.05) is 19.3 Å². The minimum atomic E-state index is -0.202. The van der Waals surface area contributed by atoms with E-state index in [4.69, 9.17) is 14.5 Å². The number of aromatic nitrogens is 2. The molecule has 2 aromatic rings. The highest BCUT2D eigenvalue weighted by Crippen LogP contribution is 2.31. The summed E-state index contributed by atoms with van der Waals surface area (Å²) in [6.07, 6.45) is 10.0. The molecule has 1 saturated carbocycles. The van der Waals surface area contributed by atoms with E-state index in [0.29, 0.717) is 40.8 Å². The topological polar surface area (TPSA) is 104 Å². The third-order valence-corrected chi connectivity index (χ3v) is 6.34. The lowest BCUT2D eigenvalue weighted by Gasteiger charge is -2.36. The Kier molecular flexibility index (Phi) is 5.27. The first-order chi connectivity index (χ1) is 15.2. The number of fused-ring (bicyclic) bond motifs is 2. The second-order valence-electron chi connectivity index (χ2n) is 8.27. The van der Waals surface area contributed by atoms with Gasteiger partial charge in [0.1, 0.15) is 11.9 Å². The zero-order valence-electron chi connectivity index (χ0n) is 17.9. The number of allylic oxidation sites excluding steroid dienone is 1. The van der Waals surface area contributed by atoms with E-state index in [1.807, 2.05) is 12.4 Å². The maximum Gasteiger partial charge on any atom is 0.258 e. The minimum Gasteiger partial charge on any atom is -0.493 e. The van der Waals surface area contributed by atoms with Crippen LogP contribution in [0.1, 0.15) is 44.0 Å². The van der Waals surface area contributed by atoms with Gasteiger partial charge in [0.15, 0.2) is 17.8 Å². The molecule has 1 aromatic heterocycles. The van der Waals surface area contributed by atoms with E-state index in [0.717, 1.165) is 5.70 Å². The summed E-state index contributed by atoms with van der Waals surface area (Å²) >= 11 is 0. The second kappa shape index (κ2) is 8.22. The Balaban J connectivity index is 1.40. The molecule has 1 fully saturated rings. The Bertz CT molecular complexity index is 1090. The Morgan fingerprint density at radius 3 is 2.68 bits per heavy atom. The van der Waals surface area contributed by atoms with Crippen molar-refractivity contribution in [1.29, 1.82) is 0 Å². The predicted octanol–water partition coefficient (Wildman–Crippen LogP) is 2.02. The largest absolute Gasteiger partial charge is 0.493 e. The quantitative estimate of drug-likeness (QED) is 0.675. The van der Waals surface area contributed by atoms with Crippen molar-refractivity contribution >= 4 is 17.1 Å². The molecule has 3 N–H and O–H groups in total. The van der Waals surface area contributed by atoms with E-state index in [9.17, 15) is 4.79 Å². The lowest BCUT2D eigenvalue weighted by Crippen LogP contribution is -2.50. The lowest BCUT2D eigenvalue weighted by molar-refractivity contribution is 0.183. The van der Waals surface area contributed by atoms with Crippen LogP contribution in [0.3, 0.4) is 0 Å². The molecule has 1 aromatic carbocycles. The Hall–Kier alpha value is -3.07. The summed E-state index contributed by atoms with van der Waals surface area (Å²) in [5.41, 5.74) is 1.41. The summed E-state index contributed by atoms with van der Waals surface area (Å²) in [5.74, 6) is 1.63. The molecule has 9 nitrogen and oxygen atoms in total. The summed E-state index contributed by atoms with van der Waals surface area (Å²) in [6.45, 7) is 0.651. The van der Waals surface area contributed by atoms with Crippen molar-refractivity contribution in [2.75, 3.05) is 20.8 Å². The summed E-state index contributed by atoms with van der Waals surface area (Å²) < 4.78 is 10.7. The normalized spacial score (nSPS) is 23.4. The van der Waals surface area contributed by atoms with Gasteiger partial charge in [-0.3, -0.25) is 15.1 Å². The molecule has 5 rings (SSSR count). The van der Waals surface area contributed by atoms with Crippen LogP contribution in [0.4, 0.5) is 0 Å². The zero-order chi connectivity index (χ0) is 21.4. The molecule has 3 aliphatic rings. The van der Waals surface area contributed by atoms with Crippen molar-refractivity contribution in [1.82, 2.24) is 25.5 Å². The van der Waals surface area contributed by atoms with Gasteiger partial charge < -0.3 is 24.7 Å². The monoisotopic (exact) mass is 424 g/mol. The van der Waals surface area contributed by atoms with Crippen molar-refractivity contribution in [3.63, 3.8) is 0 Å². The maximum atomic E-state index is 12.8. The molecule has 2 atom stereocenters. The number of nitrogens with one attached hydrogen (secondary N) is 3. The summed E-state index contributed by atoms with van der Waals surface area (Å²) in [5, 5.41) is 7.52. The van der Waals surface area contributed by atoms with Crippen LogP contribution >= 0.6 is 0 Å². The number of ether oxygens (including phenoxy) is 2. The average molecular weight is 425 g/mol. The second-order valence-corrected chi connectivity index (χ2v) is 8.27. The van der Waals surface area contributed by atoms with Crippen LogP contribution < -0.4 is 25.7 Å². The SMILES string of the molecule is COc1cc2nc(C3CN4C(=CN3)C=NC4NC3CCCCC3)[nH]c(=O)c2cc1OC. The molecule has 31 heavy (non-hydrogen) atoms. The Morgan fingerprint density at radius 2 is 1.90 bits per heavy atom. The van der Waals surface area contributed by atoms with Crippen molar-refractivity contribution in [2.24, 2.45) is 4.99 Å². The van der Waals surface area contributed by atoms with Crippen molar-refractivity contribution in [3.8, 4) is 11.5 Å². The van der Waals surface area contributed by atoms with Gasteiger partial charge in [0.05, 0.1) is 37.0 Å². The fraction of sp³-hybridized carbons (Fsp3) is 0.500. The summed E-state index contributed by atoms with van der Waals surface area (Å²) in [4.78, 5) is 27.4. The van der Waals surface area contributed by atoms with Crippen molar-refractivity contribution < 1.29 is 9.47 Å². The predicted molar refractivity (Wildman–Crippen MR) is 118 cm³/mol. The highest BCUT2D eigenvalue weighted by molar-refractivity contribution is 5.82. The molecule has 2 aliphatic heterocycles. The first kappa shape index (κ1) is 19.9. The number of aromatic amines is 1. The molecule has 9 heteroatoms. The zero-order valence-corrected chi connectivity index (χ0v) is 17.9. The molecule has 0 bridgehead atoms. The fourth-order valence-corrected chi connectivity index (χ4v) is 4.63. The first-order valence-electron chi connectivity index (χ1n) is 10.8. The van der Waals surface area contributed by atoms with Crippen molar-refractivity contribution in [3.05, 3.63) is 40.2 Å². The van der Waals surface area contributed by atoms with Gasteiger partial charge in [0, 0.05) is 24.9 Å². The molecular weight excluding hydrogens is 396 g/mol. The molecule has 1 aliphatic carbocycles. The minimum absolute atomic E-state index is 0.0736. The van der Waals surface area contributed by atoms with Crippen molar-refractivity contribution in [2.45, 2.75) is 50.5 Å². The number of nitrogens with zero attached hydrogens (tertiary/aromatic N) is 3. The van der Waals surface area contributed by atoms with Gasteiger partial charge in [-0.05, 0) is 18.9 Å². The van der Waals surface area contributed by atoms with E-state index in [1.165, 1.54) is 32.1 Å². The van der Waals surface area contributed by atoms with E-state index in [2.05, 4.69) is 25.5 Å². The van der Waals surface area contributed by atoms with Crippen LogP contribution in [0.5, 0.6) is 11.5 Å². The third kappa shape index (κ3) is 3.74. The van der Waals surface area contributed by atoms with Gasteiger partial charge in [-0.25, -0.2) is 4.98 Å². The van der Waals surface area contributed by atoms with Crippen LogP contribution in [-0.2, 0) is 0 Å². The van der Waals surface area contributed by atoms with E-state index in [-0.39, 0.29) is 17.9 Å². The molecule has 164 valence electrons. The third-order valence-electron chi connectivity index (χ3n) is 6.34. The molecule has 0 radical (unpaired) electrons. The number of methoxy groups -OCH3 is 2. The Morgan fingerprint density at radius 1 is 1.13 bits per heavy atom. The maximum absolute atomic E-state index is 12.8. The van der Waals surface area contributed by atoms with E-state index < -0.39 is 0 Å². The summed E-state index contributed by atoms with van der Waals surface area (Å²) in [7, 11) is 3.12. The average Bonchev–Trinajstić information content (AvgIpc) is 3.20. The van der Waals surface area contributed by atoms with Crippen LogP contribution in [0, 0.1) is 0 Å². The van der Waals surface area contributed by atoms with E-state index in [1.54, 1.807) is 26.4 Å². The summed E-state index contributed by atoms with van der Waals surface area (Å²) in [6, 6.07) is 3.74. The molecule has 2 unspecified atom stereocenters. The Labute approximate surface area is 180 Å². The number of hydrogen-bond acceptors (Lipinski definition) is 8. The standard InChI is InChI=1S/C22H28N6O3/c1-30-18-8-15-16(9-19(18)31-2)26-20(27-21(15)29)17-12-28-14(10-23-17)11-24-22(28)25-13-6-4-3-5-7-13/h8-11,13,17,22-23,25H,3-7,12H2,1-2H3,(H,26,27,29). The van der Waals surface area contributed by atoms with Gasteiger partial charge in [0.2, 0.25) is 0 Å². The fourth-order valence-electron chi connectivity index (χ4n) is 4.63. The highest BCUT2D eigenvalue weighted by atomic mass is 16.5. The highest BCUT2D eigenvalue weighted by Gasteiger charge is 2.33. The molecule has 0 amide bonds.